The van der Waals surface area contributed by atoms with Crippen LogP contribution in [0.1, 0.15) is 28.8 Å². The fraction of sp³-hybridized carbons (Fsp3) is 0.333. The lowest BCUT2D eigenvalue weighted by molar-refractivity contribution is 0.0665. The zero-order valence-corrected chi connectivity index (χ0v) is 15.7. The molecule has 1 fully saturated rings. The van der Waals surface area contributed by atoms with Crippen molar-refractivity contribution >= 4 is 17.6 Å². The van der Waals surface area contributed by atoms with Crippen LogP contribution in [0.4, 0.5) is 19.3 Å². The lowest BCUT2D eigenvalue weighted by Crippen LogP contribution is -2.44. The van der Waals surface area contributed by atoms with Gasteiger partial charge in [-0.25, -0.2) is 13.6 Å². The molecule has 1 heterocycles. The predicted octanol–water partition coefficient (Wildman–Crippen LogP) is 3.95. The van der Waals surface area contributed by atoms with Crippen LogP contribution in [0.15, 0.2) is 42.5 Å². The maximum Gasteiger partial charge on any atom is 0.319 e. The highest BCUT2D eigenvalue weighted by molar-refractivity contribution is 5.95. The van der Waals surface area contributed by atoms with Crippen molar-refractivity contribution in [1.82, 2.24) is 10.2 Å². The number of hydrogen-bond acceptors (Lipinski definition) is 2. The van der Waals surface area contributed by atoms with E-state index in [0.29, 0.717) is 31.7 Å². The molecular formula is C21H23F2N3O2. The normalized spacial score (nSPS) is 16.5. The molecule has 1 atom stereocenters. The highest BCUT2D eigenvalue weighted by Gasteiger charge is 2.28. The molecular weight excluding hydrogens is 364 g/mol. The van der Waals surface area contributed by atoms with Gasteiger partial charge in [-0.05, 0) is 49.9 Å². The number of urea groups is 1. The second-order valence-corrected chi connectivity index (χ2v) is 7.06. The van der Waals surface area contributed by atoms with Crippen LogP contribution in [0.2, 0.25) is 0 Å². The first-order chi connectivity index (χ1) is 13.4. The van der Waals surface area contributed by atoms with Crippen LogP contribution in [0.5, 0.6) is 0 Å². The summed E-state index contributed by atoms with van der Waals surface area (Å²) in [6.07, 6.45) is 1.54. The summed E-state index contributed by atoms with van der Waals surface area (Å²) in [5.41, 5.74) is 1.27. The van der Waals surface area contributed by atoms with Crippen LogP contribution in [0, 0.1) is 24.5 Å². The maximum atomic E-state index is 13.9. The van der Waals surface area contributed by atoms with E-state index in [1.54, 1.807) is 0 Å². The number of hydrogen-bond donors (Lipinski definition) is 2. The second-order valence-electron chi connectivity index (χ2n) is 7.06. The Kier molecular flexibility index (Phi) is 6.23. The average Bonchev–Trinajstić information content (AvgIpc) is 2.68. The Hall–Kier alpha value is -2.96. The number of nitrogens with one attached hydrogen (secondary N) is 2. The number of nitrogens with zero attached hydrogens (tertiary/aromatic N) is 1. The number of likely N-dealkylation sites (tertiary alicyclic amines) is 1. The number of piperidine rings is 1. The Morgan fingerprint density at radius 3 is 2.46 bits per heavy atom. The number of amides is 3. The molecule has 2 N–H and O–H groups in total. The fourth-order valence-corrected chi connectivity index (χ4v) is 3.33. The average molecular weight is 387 g/mol. The van der Waals surface area contributed by atoms with Gasteiger partial charge < -0.3 is 15.5 Å². The van der Waals surface area contributed by atoms with Gasteiger partial charge in [-0.3, -0.25) is 4.79 Å². The molecule has 0 aliphatic carbocycles. The van der Waals surface area contributed by atoms with Crippen molar-refractivity contribution in [1.29, 1.82) is 0 Å². The summed E-state index contributed by atoms with van der Waals surface area (Å²) in [6.45, 7) is 3.13. The number of benzene rings is 2. The van der Waals surface area contributed by atoms with Crippen LogP contribution in [-0.4, -0.2) is 36.5 Å². The molecule has 2 aromatic rings. The lowest BCUT2D eigenvalue weighted by atomic mass is 9.97. The Labute approximate surface area is 162 Å². The van der Waals surface area contributed by atoms with E-state index in [4.69, 9.17) is 0 Å². The quantitative estimate of drug-likeness (QED) is 0.835. The zero-order chi connectivity index (χ0) is 20.1. The van der Waals surface area contributed by atoms with Crippen LogP contribution in [0.3, 0.4) is 0 Å². The van der Waals surface area contributed by atoms with E-state index >= 15 is 0 Å². The Morgan fingerprint density at radius 2 is 1.79 bits per heavy atom. The van der Waals surface area contributed by atoms with E-state index in [1.165, 1.54) is 11.0 Å². The topological polar surface area (TPSA) is 61.4 Å². The number of aryl methyl sites for hydroxylation is 1. The van der Waals surface area contributed by atoms with Crippen molar-refractivity contribution in [2.24, 2.45) is 5.92 Å². The third-order valence-corrected chi connectivity index (χ3v) is 4.84. The lowest BCUT2D eigenvalue weighted by Gasteiger charge is -2.33. The number of rotatable bonds is 4. The van der Waals surface area contributed by atoms with Gasteiger partial charge in [0, 0.05) is 25.3 Å². The standard InChI is InChI=1S/C21H23F2N3O2/c1-14-7-9-16(10-8-14)25-21(28)24-12-15-4-3-11-26(13-15)20(27)19-17(22)5-2-6-18(19)23/h2,5-10,15H,3-4,11-13H2,1H3,(H2,24,25,28). The fourth-order valence-electron chi connectivity index (χ4n) is 3.33. The second kappa shape index (κ2) is 8.82. The van der Waals surface area contributed by atoms with Crippen LogP contribution >= 0.6 is 0 Å². The summed E-state index contributed by atoms with van der Waals surface area (Å²) < 4.78 is 27.8. The monoisotopic (exact) mass is 387 g/mol. The molecule has 1 unspecified atom stereocenters. The van der Waals surface area contributed by atoms with E-state index in [0.717, 1.165) is 24.1 Å². The molecule has 1 aliphatic rings. The summed E-state index contributed by atoms with van der Waals surface area (Å²) in [6, 6.07) is 10.5. The minimum atomic E-state index is -0.859. The van der Waals surface area contributed by atoms with Gasteiger partial charge in [0.25, 0.3) is 5.91 Å². The van der Waals surface area contributed by atoms with Crippen molar-refractivity contribution in [3.63, 3.8) is 0 Å². The van der Waals surface area contributed by atoms with E-state index in [2.05, 4.69) is 10.6 Å². The first kappa shape index (κ1) is 19.8. The molecule has 0 spiro atoms. The van der Waals surface area contributed by atoms with Gasteiger partial charge in [-0.15, -0.1) is 0 Å². The Balaban J connectivity index is 1.54. The highest BCUT2D eigenvalue weighted by atomic mass is 19.1. The minimum Gasteiger partial charge on any atom is -0.338 e. The molecule has 0 saturated carbocycles. The molecule has 3 rings (SSSR count). The predicted molar refractivity (Wildman–Crippen MR) is 103 cm³/mol. The molecule has 0 aromatic heterocycles. The third-order valence-electron chi connectivity index (χ3n) is 4.84. The maximum absolute atomic E-state index is 13.9. The van der Waals surface area contributed by atoms with Crippen molar-refractivity contribution in [2.75, 3.05) is 25.0 Å². The molecule has 3 amide bonds. The van der Waals surface area contributed by atoms with Gasteiger partial charge in [0.2, 0.25) is 0 Å². The first-order valence-corrected chi connectivity index (χ1v) is 9.29. The number of carbonyl (C=O) groups excluding carboxylic acids is 2. The summed E-state index contributed by atoms with van der Waals surface area (Å²) in [4.78, 5) is 26.1. The SMILES string of the molecule is Cc1ccc(NC(=O)NCC2CCCN(C(=O)c3c(F)cccc3F)C2)cc1. The van der Waals surface area contributed by atoms with Crippen LogP contribution < -0.4 is 10.6 Å². The van der Waals surface area contributed by atoms with Crippen molar-refractivity contribution in [2.45, 2.75) is 19.8 Å². The number of carbonyl (C=O) groups is 2. The summed E-state index contributed by atoms with van der Waals surface area (Å²) >= 11 is 0. The molecule has 148 valence electrons. The summed E-state index contributed by atoms with van der Waals surface area (Å²) in [7, 11) is 0. The van der Waals surface area contributed by atoms with Gasteiger partial charge in [0.1, 0.15) is 17.2 Å². The van der Waals surface area contributed by atoms with E-state index in [9.17, 15) is 18.4 Å². The number of anilines is 1. The van der Waals surface area contributed by atoms with Crippen molar-refractivity contribution < 1.29 is 18.4 Å². The molecule has 7 heteroatoms. The minimum absolute atomic E-state index is 0.0244. The van der Waals surface area contributed by atoms with Crippen molar-refractivity contribution in [3.8, 4) is 0 Å². The van der Waals surface area contributed by atoms with Gasteiger partial charge >= 0.3 is 6.03 Å². The van der Waals surface area contributed by atoms with Gasteiger partial charge in [-0.1, -0.05) is 23.8 Å². The highest BCUT2D eigenvalue weighted by Crippen LogP contribution is 2.21. The van der Waals surface area contributed by atoms with E-state index in [1.807, 2.05) is 31.2 Å². The first-order valence-electron chi connectivity index (χ1n) is 9.29. The van der Waals surface area contributed by atoms with Gasteiger partial charge in [-0.2, -0.15) is 0 Å². The van der Waals surface area contributed by atoms with E-state index < -0.39 is 23.1 Å². The Morgan fingerprint density at radius 1 is 1.11 bits per heavy atom. The van der Waals surface area contributed by atoms with E-state index in [-0.39, 0.29) is 11.9 Å². The smallest absolute Gasteiger partial charge is 0.319 e. The molecule has 2 aromatic carbocycles. The molecule has 1 aliphatic heterocycles. The summed E-state index contributed by atoms with van der Waals surface area (Å²) in [5, 5.41) is 5.56. The molecule has 5 nitrogen and oxygen atoms in total. The third kappa shape index (κ3) is 4.85. The Bertz CT molecular complexity index is 835. The summed E-state index contributed by atoms with van der Waals surface area (Å²) in [5.74, 6) is -2.34. The molecule has 0 radical (unpaired) electrons. The molecule has 0 bridgehead atoms. The van der Waals surface area contributed by atoms with Crippen LogP contribution in [0.25, 0.3) is 0 Å². The van der Waals surface area contributed by atoms with Crippen molar-refractivity contribution in [3.05, 3.63) is 65.2 Å². The van der Waals surface area contributed by atoms with Crippen LogP contribution in [-0.2, 0) is 0 Å². The number of halogens is 2. The largest absolute Gasteiger partial charge is 0.338 e. The van der Waals surface area contributed by atoms with Gasteiger partial charge in [0.15, 0.2) is 0 Å². The molecule has 28 heavy (non-hydrogen) atoms. The van der Waals surface area contributed by atoms with Gasteiger partial charge in [0.05, 0.1) is 0 Å². The molecule has 1 saturated heterocycles. The zero-order valence-electron chi connectivity index (χ0n) is 15.7.